The van der Waals surface area contributed by atoms with Gasteiger partial charge in [0.2, 0.25) is 11.9 Å². The third kappa shape index (κ3) is 4.29. The molecule has 0 saturated heterocycles. The lowest BCUT2D eigenvalue weighted by molar-refractivity contribution is -0.153. The van der Waals surface area contributed by atoms with E-state index >= 15 is 0 Å². The van der Waals surface area contributed by atoms with E-state index in [1.54, 1.807) is 24.3 Å². The second-order valence-corrected chi connectivity index (χ2v) is 6.38. The summed E-state index contributed by atoms with van der Waals surface area (Å²) in [6.45, 7) is 1.04. The number of fused-ring (bicyclic) bond motifs is 1. The Labute approximate surface area is 158 Å². The summed E-state index contributed by atoms with van der Waals surface area (Å²) in [5.74, 6) is -0.489. The molecule has 3 rings (SSSR count). The van der Waals surface area contributed by atoms with E-state index in [1.807, 2.05) is 0 Å². The molecule has 1 aromatic heterocycles. The third-order valence-electron chi connectivity index (χ3n) is 4.33. The van der Waals surface area contributed by atoms with Crippen LogP contribution in [-0.2, 0) is 16.1 Å². The monoisotopic (exact) mass is 397 g/mol. The Hall–Kier alpha value is -2.97. The van der Waals surface area contributed by atoms with Crippen molar-refractivity contribution in [1.82, 2.24) is 4.57 Å². The molecule has 0 amide bonds. The van der Waals surface area contributed by atoms with Crippen LogP contribution in [-0.4, -0.2) is 41.8 Å². The number of aryl methyl sites for hydroxylation is 1. The maximum absolute atomic E-state index is 12.7. The Morgan fingerprint density at radius 3 is 2.57 bits per heavy atom. The van der Waals surface area contributed by atoms with Gasteiger partial charge in [-0.05, 0) is 32.0 Å². The van der Waals surface area contributed by atoms with Crippen LogP contribution in [0.15, 0.2) is 30.3 Å². The lowest BCUT2D eigenvalue weighted by atomic mass is 10.1. The van der Waals surface area contributed by atoms with E-state index in [0.29, 0.717) is 17.2 Å². The Morgan fingerprint density at radius 2 is 1.89 bits per heavy atom. The molecule has 1 unspecified atom stereocenters. The van der Waals surface area contributed by atoms with Crippen molar-refractivity contribution in [2.45, 2.75) is 32.7 Å². The molecule has 2 heterocycles. The number of Topliss-reactive ketones (excluding diaryl/α,β-unsaturated/α-hetero) is 1. The molecule has 1 atom stereocenters. The highest BCUT2D eigenvalue weighted by Gasteiger charge is 2.31. The fourth-order valence-electron chi connectivity index (χ4n) is 2.95. The average molecular weight is 397 g/mol. The highest BCUT2D eigenvalue weighted by atomic mass is 19.4. The number of halogens is 3. The van der Waals surface area contributed by atoms with Gasteiger partial charge < -0.3 is 18.8 Å². The largest absolute Gasteiger partial charge is 0.485 e. The van der Waals surface area contributed by atoms with E-state index < -0.39 is 37.2 Å². The van der Waals surface area contributed by atoms with Crippen molar-refractivity contribution in [3.63, 3.8) is 0 Å². The first kappa shape index (κ1) is 19.8. The summed E-state index contributed by atoms with van der Waals surface area (Å²) in [7, 11) is 0. The highest BCUT2D eigenvalue weighted by molar-refractivity contribution is 5.99. The summed E-state index contributed by atoms with van der Waals surface area (Å²) in [5, 5.41) is 0. The molecule has 0 radical (unpaired) electrons. The predicted molar refractivity (Wildman–Crippen MR) is 91.6 cm³/mol. The summed E-state index contributed by atoms with van der Waals surface area (Å²) in [6, 6.07) is 8.16. The van der Waals surface area contributed by atoms with Crippen molar-refractivity contribution < 1.29 is 37.0 Å². The number of benzene rings is 1. The van der Waals surface area contributed by atoms with Gasteiger partial charge in [-0.15, -0.1) is 0 Å². The van der Waals surface area contributed by atoms with E-state index in [4.69, 9.17) is 14.2 Å². The number of rotatable bonds is 5. The van der Waals surface area contributed by atoms with Gasteiger partial charge in [-0.3, -0.25) is 4.79 Å². The molecule has 28 heavy (non-hydrogen) atoms. The van der Waals surface area contributed by atoms with Gasteiger partial charge in [0.1, 0.15) is 13.2 Å². The molecule has 0 saturated carbocycles. The zero-order valence-electron chi connectivity index (χ0n) is 15.2. The second-order valence-electron chi connectivity index (χ2n) is 6.38. The number of esters is 1. The summed E-state index contributed by atoms with van der Waals surface area (Å²) in [5.41, 5.74) is 0.549. The normalized spacial score (nSPS) is 16.0. The maximum Gasteiger partial charge on any atom is 0.406 e. The van der Waals surface area contributed by atoms with Gasteiger partial charge in [0.25, 0.3) is 0 Å². The molecule has 6 nitrogen and oxygen atoms in total. The van der Waals surface area contributed by atoms with E-state index in [9.17, 15) is 22.8 Å². The first-order valence-electron chi connectivity index (χ1n) is 8.47. The van der Waals surface area contributed by atoms with Crippen LogP contribution in [0.2, 0.25) is 0 Å². The molecule has 1 aliphatic rings. The zero-order chi connectivity index (χ0) is 20.5. The summed E-state index contributed by atoms with van der Waals surface area (Å²) < 4.78 is 54.9. The highest BCUT2D eigenvalue weighted by Crippen LogP contribution is 2.31. The van der Waals surface area contributed by atoms with Crippen LogP contribution in [0.3, 0.4) is 0 Å². The van der Waals surface area contributed by atoms with Crippen molar-refractivity contribution in [2.75, 3.05) is 13.2 Å². The molecule has 0 N–H and O–H groups in total. The quantitative estimate of drug-likeness (QED) is 0.573. The molecule has 0 bridgehead atoms. The number of hydrogen-bond acceptors (Lipinski definition) is 5. The second kappa shape index (κ2) is 7.57. The van der Waals surface area contributed by atoms with Crippen molar-refractivity contribution >= 4 is 11.8 Å². The number of carbonyl (C=O) groups excluding carboxylic acids is 2. The van der Waals surface area contributed by atoms with Crippen molar-refractivity contribution in [1.29, 1.82) is 0 Å². The van der Waals surface area contributed by atoms with Gasteiger partial charge in [0.15, 0.2) is 18.1 Å². The van der Waals surface area contributed by atoms with Crippen LogP contribution < -0.4 is 9.47 Å². The standard InChI is InChI=1S/C19H18F3NO5/c1-11-7-13(12(2)23(11)10-19(20,21)22)14(24)8-27-18(25)17-9-26-15-5-3-4-6-16(15)28-17/h3-7,17H,8-10H2,1-2H3. The lowest BCUT2D eigenvalue weighted by Gasteiger charge is -2.24. The molecule has 1 aliphatic heterocycles. The smallest absolute Gasteiger partial charge is 0.406 e. The number of alkyl halides is 3. The van der Waals surface area contributed by atoms with E-state index in [2.05, 4.69) is 0 Å². The maximum atomic E-state index is 12.7. The molecule has 0 spiro atoms. The third-order valence-corrected chi connectivity index (χ3v) is 4.33. The molecule has 1 aromatic carbocycles. The Morgan fingerprint density at radius 1 is 1.21 bits per heavy atom. The van der Waals surface area contributed by atoms with E-state index in [1.165, 1.54) is 19.9 Å². The zero-order valence-corrected chi connectivity index (χ0v) is 15.2. The van der Waals surface area contributed by atoms with Gasteiger partial charge in [-0.1, -0.05) is 12.1 Å². The van der Waals surface area contributed by atoms with Crippen molar-refractivity contribution in [3.05, 3.63) is 47.3 Å². The summed E-state index contributed by atoms with van der Waals surface area (Å²) in [4.78, 5) is 24.5. The predicted octanol–water partition coefficient (Wildman–Crippen LogP) is 3.23. The van der Waals surface area contributed by atoms with Gasteiger partial charge >= 0.3 is 12.1 Å². The van der Waals surface area contributed by atoms with Crippen LogP contribution in [0.4, 0.5) is 13.2 Å². The van der Waals surface area contributed by atoms with Gasteiger partial charge in [0.05, 0.1) is 0 Å². The minimum Gasteiger partial charge on any atom is -0.485 e. The fourth-order valence-corrected chi connectivity index (χ4v) is 2.95. The van der Waals surface area contributed by atoms with Gasteiger partial charge in [0, 0.05) is 17.0 Å². The molecule has 150 valence electrons. The number of ketones is 1. The first-order valence-corrected chi connectivity index (χ1v) is 8.47. The van der Waals surface area contributed by atoms with Gasteiger partial charge in [-0.2, -0.15) is 13.2 Å². The number of ether oxygens (including phenoxy) is 3. The molecule has 0 aliphatic carbocycles. The van der Waals surface area contributed by atoms with E-state index in [-0.39, 0.29) is 17.9 Å². The average Bonchev–Trinajstić information content (AvgIpc) is 2.92. The molecule has 9 heteroatoms. The summed E-state index contributed by atoms with van der Waals surface area (Å²) >= 11 is 0. The first-order chi connectivity index (χ1) is 13.2. The number of aromatic nitrogens is 1. The minimum atomic E-state index is -4.41. The number of carbonyl (C=O) groups is 2. The number of para-hydroxylation sites is 2. The Bertz CT molecular complexity index is 903. The SMILES string of the molecule is Cc1cc(C(=O)COC(=O)C2COc3ccccc3O2)c(C)n1CC(F)(F)F. The number of hydrogen-bond donors (Lipinski definition) is 0. The Kier molecular flexibility index (Phi) is 5.35. The van der Waals surface area contributed by atoms with Crippen LogP contribution in [0.1, 0.15) is 21.7 Å². The van der Waals surface area contributed by atoms with Crippen LogP contribution in [0.5, 0.6) is 11.5 Å². The fraction of sp³-hybridized carbons (Fsp3) is 0.368. The lowest BCUT2D eigenvalue weighted by Crippen LogP contribution is -2.38. The van der Waals surface area contributed by atoms with Crippen LogP contribution in [0, 0.1) is 13.8 Å². The van der Waals surface area contributed by atoms with Gasteiger partial charge in [-0.25, -0.2) is 4.79 Å². The van der Waals surface area contributed by atoms with Crippen molar-refractivity contribution in [2.24, 2.45) is 0 Å². The minimum absolute atomic E-state index is 0.0653. The molecule has 0 fully saturated rings. The topological polar surface area (TPSA) is 66.8 Å². The van der Waals surface area contributed by atoms with E-state index in [0.717, 1.165) is 4.57 Å². The Balaban J connectivity index is 1.62. The molecular formula is C19H18F3NO5. The summed E-state index contributed by atoms with van der Waals surface area (Å²) in [6.07, 6.45) is -5.43. The molecule has 2 aromatic rings. The molecular weight excluding hydrogens is 379 g/mol. The van der Waals surface area contributed by atoms with Crippen LogP contribution in [0.25, 0.3) is 0 Å². The van der Waals surface area contributed by atoms with Crippen LogP contribution >= 0.6 is 0 Å². The number of nitrogens with zero attached hydrogens (tertiary/aromatic N) is 1. The van der Waals surface area contributed by atoms with Crippen molar-refractivity contribution in [3.8, 4) is 11.5 Å².